The molecule has 1 atom stereocenters. The molecule has 8 nitrogen and oxygen atoms in total. The Morgan fingerprint density at radius 2 is 1.88 bits per heavy atom. The zero-order valence-electron chi connectivity index (χ0n) is 13.9. The number of Topliss-reactive ketones (excluding diaryl/α,β-unsaturated/α-hetero) is 1. The minimum absolute atomic E-state index is 0.0478. The Labute approximate surface area is 148 Å². The largest absolute Gasteiger partial charge is 0.508 e. The molecule has 0 aliphatic carbocycles. The molecule has 1 aromatic rings. The van der Waals surface area contributed by atoms with Crippen LogP contribution in [0.5, 0.6) is 0 Å². The average Bonchev–Trinajstić information content (AvgIpc) is 2.52. The lowest BCUT2D eigenvalue weighted by molar-refractivity contribution is -0.384. The second-order valence-corrected chi connectivity index (χ2v) is 6.54. The van der Waals surface area contributed by atoms with Gasteiger partial charge in [0.15, 0.2) is 5.78 Å². The van der Waals surface area contributed by atoms with Crippen LogP contribution in [-0.4, -0.2) is 39.4 Å². The normalized spacial score (nSPS) is 12.8. The monoisotopic (exact) mass is 366 g/mol. The third-order valence-corrected chi connectivity index (χ3v) is 4.15. The van der Waals surface area contributed by atoms with Gasteiger partial charge in [0.05, 0.1) is 10.5 Å². The quantitative estimate of drug-likeness (QED) is 0.137. The van der Waals surface area contributed by atoms with Gasteiger partial charge in [-0.3, -0.25) is 19.7 Å². The van der Waals surface area contributed by atoms with Gasteiger partial charge in [-0.2, -0.15) is 0 Å². The number of carbonyl (C=O) groups excluding carboxylic acids is 2. The Morgan fingerprint density at radius 3 is 2.32 bits per heavy atom. The van der Waals surface area contributed by atoms with Gasteiger partial charge in [0, 0.05) is 22.7 Å². The molecule has 0 radical (unpaired) electrons. The van der Waals surface area contributed by atoms with Crippen LogP contribution in [0.3, 0.4) is 0 Å². The van der Waals surface area contributed by atoms with Crippen LogP contribution in [0.25, 0.3) is 0 Å². The Hall–Kier alpha value is -2.68. The van der Waals surface area contributed by atoms with Gasteiger partial charge in [0.2, 0.25) is 0 Å². The van der Waals surface area contributed by atoms with Gasteiger partial charge in [-0.25, -0.2) is 0 Å². The first kappa shape index (κ1) is 20.4. The zero-order valence-corrected chi connectivity index (χ0v) is 14.8. The Morgan fingerprint density at radius 1 is 1.32 bits per heavy atom. The number of allylic oxidation sites excluding steroid dienone is 1. The van der Waals surface area contributed by atoms with Crippen molar-refractivity contribution in [3.63, 3.8) is 0 Å². The van der Waals surface area contributed by atoms with E-state index in [9.17, 15) is 24.8 Å². The minimum Gasteiger partial charge on any atom is -0.508 e. The molecule has 0 saturated carbocycles. The van der Waals surface area contributed by atoms with Crippen molar-refractivity contribution in [2.24, 2.45) is 0 Å². The van der Waals surface area contributed by atoms with Crippen molar-refractivity contribution in [3.8, 4) is 0 Å². The van der Waals surface area contributed by atoms with Crippen molar-refractivity contribution in [2.75, 3.05) is 6.61 Å². The van der Waals surface area contributed by atoms with Gasteiger partial charge in [0.1, 0.15) is 17.6 Å². The molecule has 0 amide bonds. The number of nitro benzene ring substituents is 1. The van der Waals surface area contributed by atoms with Gasteiger partial charge in [-0.05, 0) is 32.9 Å². The molecular formula is C16H18N2O6S. The molecule has 0 fully saturated rings. The minimum atomic E-state index is -0.629. The first-order valence-electron chi connectivity index (χ1n) is 7.19. The molecule has 1 aromatic carbocycles. The van der Waals surface area contributed by atoms with Gasteiger partial charge in [-0.15, -0.1) is 11.8 Å². The summed E-state index contributed by atoms with van der Waals surface area (Å²) in [7, 11) is 0. The zero-order chi connectivity index (χ0) is 19.1. The summed E-state index contributed by atoms with van der Waals surface area (Å²) in [6.45, 7) is 3.64. The highest BCUT2D eigenvalue weighted by molar-refractivity contribution is 8.00. The molecule has 9 heteroatoms. The van der Waals surface area contributed by atoms with Crippen molar-refractivity contribution in [1.29, 1.82) is 5.41 Å². The molecule has 1 unspecified atom stereocenters. The number of thioether (sulfide) groups is 1. The van der Waals surface area contributed by atoms with E-state index in [2.05, 4.69) is 0 Å². The highest BCUT2D eigenvalue weighted by Gasteiger charge is 2.19. The van der Waals surface area contributed by atoms with Gasteiger partial charge < -0.3 is 15.3 Å². The highest BCUT2D eigenvalue weighted by atomic mass is 32.2. The Kier molecular flexibility index (Phi) is 7.31. The number of aliphatic hydroxyl groups is 1. The fraction of sp³-hybridized carbons (Fsp3) is 0.312. The summed E-state index contributed by atoms with van der Waals surface area (Å²) in [6.07, 6.45) is 0. The van der Waals surface area contributed by atoms with Crippen molar-refractivity contribution < 1.29 is 24.4 Å². The molecule has 2 N–H and O–H groups in total. The maximum Gasteiger partial charge on any atom is 0.319 e. The summed E-state index contributed by atoms with van der Waals surface area (Å²) >= 11 is 1.14. The van der Waals surface area contributed by atoms with Crippen molar-refractivity contribution in [2.45, 2.75) is 30.9 Å². The topological polar surface area (TPSA) is 131 Å². The molecule has 134 valence electrons. The number of non-ortho nitro benzene ring substituents is 1. The van der Waals surface area contributed by atoms with Gasteiger partial charge >= 0.3 is 5.97 Å². The summed E-state index contributed by atoms with van der Waals surface area (Å²) in [5, 5.41) is 27.2. The van der Waals surface area contributed by atoms with Crippen LogP contribution >= 0.6 is 11.8 Å². The summed E-state index contributed by atoms with van der Waals surface area (Å²) in [4.78, 5) is 34.1. The maximum atomic E-state index is 12.0. The van der Waals surface area contributed by atoms with E-state index in [1.54, 1.807) is 6.92 Å². The number of rotatable bonds is 8. The second kappa shape index (κ2) is 8.97. The standard InChI is InChI=1S/C16H18N2O6S/c1-9(17)15(10(2)19)14(20)8-24-16(21)11(3)25-13-6-4-12(5-7-13)18(22)23/h4-7,11,17,20H,8H2,1-3H3/b15-14-,17-9?. The van der Waals surface area contributed by atoms with E-state index in [0.717, 1.165) is 11.8 Å². The molecule has 0 aromatic heterocycles. The van der Waals surface area contributed by atoms with E-state index in [4.69, 9.17) is 10.1 Å². The molecule has 0 aliphatic rings. The number of nitrogens with one attached hydrogen (secondary N) is 1. The van der Waals surface area contributed by atoms with E-state index in [0.29, 0.717) is 4.90 Å². The van der Waals surface area contributed by atoms with Crippen molar-refractivity contribution in [1.82, 2.24) is 0 Å². The summed E-state index contributed by atoms with van der Waals surface area (Å²) in [5.41, 5.74) is -0.341. The number of ketones is 1. The predicted molar refractivity (Wildman–Crippen MR) is 93.1 cm³/mol. The number of carbonyl (C=O) groups is 2. The van der Waals surface area contributed by atoms with Crippen LogP contribution in [0.4, 0.5) is 5.69 Å². The maximum absolute atomic E-state index is 12.0. The number of benzene rings is 1. The first-order valence-corrected chi connectivity index (χ1v) is 8.07. The number of hydrogen-bond donors (Lipinski definition) is 2. The molecule has 1 rings (SSSR count). The number of esters is 1. The van der Waals surface area contributed by atoms with E-state index < -0.39 is 34.3 Å². The Balaban J connectivity index is 2.68. The summed E-state index contributed by atoms with van der Waals surface area (Å²) in [6, 6.07) is 5.72. The predicted octanol–water partition coefficient (Wildman–Crippen LogP) is 3.06. The smallest absolute Gasteiger partial charge is 0.319 e. The Bertz CT molecular complexity index is 711. The number of aliphatic hydroxyl groups excluding tert-OH is 1. The van der Waals surface area contributed by atoms with Crippen LogP contribution in [0.15, 0.2) is 40.5 Å². The lowest BCUT2D eigenvalue weighted by Crippen LogP contribution is -2.20. The van der Waals surface area contributed by atoms with E-state index in [1.807, 2.05) is 0 Å². The van der Waals surface area contributed by atoms with Crippen LogP contribution < -0.4 is 0 Å². The fourth-order valence-electron chi connectivity index (χ4n) is 1.91. The third kappa shape index (κ3) is 6.03. The highest BCUT2D eigenvalue weighted by Crippen LogP contribution is 2.26. The number of nitro groups is 1. The van der Waals surface area contributed by atoms with Gasteiger partial charge in [-0.1, -0.05) is 0 Å². The van der Waals surface area contributed by atoms with E-state index in [1.165, 1.54) is 38.1 Å². The fourth-order valence-corrected chi connectivity index (χ4v) is 2.78. The molecule has 25 heavy (non-hydrogen) atoms. The van der Waals surface area contributed by atoms with Crippen molar-refractivity contribution >= 4 is 34.9 Å². The molecule has 0 bridgehead atoms. The number of nitrogens with zero attached hydrogens (tertiary/aromatic N) is 1. The lowest BCUT2D eigenvalue weighted by Gasteiger charge is -2.12. The molecular weight excluding hydrogens is 348 g/mol. The van der Waals surface area contributed by atoms with Crippen LogP contribution in [0.1, 0.15) is 20.8 Å². The SMILES string of the molecule is CC(=N)/C(C(C)=O)=C(/O)COC(=O)C(C)Sc1ccc([N+](=O)[O-])cc1. The lowest BCUT2D eigenvalue weighted by atomic mass is 10.1. The molecule has 0 aliphatic heterocycles. The van der Waals surface area contributed by atoms with E-state index >= 15 is 0 Å². The third-order valence-electron chi connectivity index (χ3n) is 3.06. The molecule has 0 spiro atoms. The van der Waals surface area contributed by atoms with Crippen LogP contribution in [-0.2, 0) is 14.3 Å². The molecule has 0 heterocycles. The number of hydrogen-bond acceptors (Lipinski definition) is 8. The van der Waals surface area contributed by atoms with Crippen molar-refractivity contribution in [3.05, 3.63) is 45.7 Å². The van der Waals surface area contributed by atoms with Crippen LogP contribution in [0.2, 0.25) is 0 Å². The second-order valence-electron chi connectivity index (χ2n) is 5.12. The van der Waals surface area contributed by atoms with E-state index in [-0.39, 0.29) is 17.0 Å². The first-order chi connectivity index (χ1) is 11.6. The summed E-state index contributed by atoms with van der Waals surface area (Å²) < 4.78 is 4.96. The number of ether oxygens (including phenoxy) is 1. The summed E-state index contributed by atoms with van der Waals surface area (Å²) in [5.74, 6) is -1.59. The van der Waals surface area contributed by atoms with Crippen LogP contribution in [0, 0.1) is 15.5 Å². The van der Waals surface area contributed by atoms with Gasteiger partial charge in [0.25, 0.3) is 5.69 Å². The molecule has 0 saturated heterocycles. The average molecular weight is 366 g/mol.